The fourth-order valence-corrected chi connectivity index (χ4v) is 3.61. The van der Waals surface area contributed by atoms with Gasteiger partial charge >= 0.3 is 5.97 Å². The number of aromatic nitrogens is 2. The van der Waals surface area contributed by atoms with E-state index in [0.29, 0.717) is 45.2 Å². The standard InChI is InChI=1S/C26H22N2O6/c1-32-21-15-23(34-3)22(33-2)14-17(21)10-13-24-27-20-7-5-4-6-19(20)25(29)28(24)18-11-8-16(9-12-18)26(30)31/h4-15H,1-3H3,(H,30,31)/b13-10+. The predicted molar refractivity (Wildman–Crippen MR) is 129 cm³/mol. The highest BCUT2D eigenvalue weighted by Crippen LogP contribution is 2.35. The Balaban J connectivity index is 1.90. The molecule has 4 rings (SSSR count). The second-order valence-electron chi connectivity index (χ2n) is 7.26. The van der Waals surface area contributed by atoms with Crippen molar-refractivity contribution in [2.75, 3.05) is 21.3 Å². The minimum atomic E-state index is -1.05. The first kappa shape index (κ1) is 22.6. The summed E-state index contributed by atoms with van der Waals surface area (Å²) in [6, 6.07) is 16.6. The van der Waals surface area contributed by atoms with Crippen molar-refractivity contribution in [3.63, 3.8) is 0 Å². The van der Waals surface area contributed by atoms with Gasteiger partial charge in [0.05, 0.1) is 43.5 Å². The molecular formula is C26H22N2O6. The van der Waals surface area contributed by atoms with Gasteiger partial charge in [-0.1, -0.05) is 12.1 Å². The van der Waals surface area contributed by atoms with E-state index in [9.17, 15) is 14.7 Å². The molecule has 0 amide bonds. The van der Waals surface area contributed by atoms with E-state index in [2.05, 4.69) is 4.98 Å². The van der Waals surface area contributed by atoms with Crippen molar-refractivity contribution >= 4 is 29.0 Å². The summed E-state index contributed by atoms with van der Waals surface area (Å²) < 4.78 is 17.7. The number of aromatic carboxylic acids is 1. The minimum absolute atomic E-state index is 0.123. The van der Waals surface area contributed by atoms with Gasteiger partial charge in [-0.05, 0) is 54.6 Å². The Morgan fingerprint density at radius 1 is 0.882 bits per heavy atom. The van der Waals surface area contributed by atoms with Crippen LogP contribution in [0.25, 0.3) is 28.7 Å². The molecule has 3 aromatic carbocycles. The number of carboxylic acid groups (broad SMARTS) is 1. The van der Waals surface area contributed by atoms with Crippen molar-refractivity contribution in [2.24, 2.45) is 0 Å². The highest BCUT2D eigenvalue weighted by atomic mass is 16.5. The second kappa shape index (κ2) is 9.50. The van der Waals surface area contributed by atoms with Crippen LogP contribution in [0.3, 0.4) is 0 Å². The lowest BCUT2D eigenvalue weighted by Crippen LogP contribution is -2.22. The van der Waals surface area contributed by atoms with Gasteiger partial charge in [0.2, 0.25) is 0 Å². The van der Waals surface area contributed by atoms with E-state index in [0.717, 1.165) is 0 Å². The molecule has 0 saturated heterocycles. The average Bonchev–Trinajstić information content (AvgIpc) is 2.87. The second-order valence-corrected chi connectivity index (χ2v) is 7.26. The first-order chi connectivity index (χ1) is 16.5. The smallest absolute Gasteiger partial charge is 0.335 e. The first-order valence-electron chi connectivity index (χ1n) is 10.3. The summed E-state index contributed by atoms with van der Waals surface area (Å²) in [6.45, 7) is 0. The maximum absolute atomic E-state index is 13.4. The van der Waals surface area contributed by atoms with Crippen molar-refractivity contribution < 1.29 is 24.1 Å². The van der Waals surface area contributed by atoms with Gasteiger partial charge in [-0.3, -0.25) is 9.36 Å². The molecule has 0 aliphatic heterocycles. The molecule has 4 aromatic rings. The monoisotopic (exact) mass is 458 g/mol. The van der Waals surface area contributed by atoms with Crippen LogP contribution in [0.2, 0.25) is 0 Å². The van der Waals surface area contributed by atoms with Crippen LogP contribution < -0.4 is 19.8 Å². The number of carboxylic acids is 1. The maximum Gasteiger partial charge on any atom is 0.335 e. The van der Waals surface area contributed by atoms with Crippen LogP contribution in [0.1, 0.15) is 21.7 Å². The van der Waals surface area contributed by atoms with E-state index in [1.165, 1.54) is 16.7 Å². The number of methoxy groups -OCH3 is 3. The fourth-order valence-electron chi connectivity index (χ4n) is 3.61. The summed E-state index contributed by atoms with van der Waals surface area (Å²) in [4.78, 5) is 29.3. The molecule has 0 unspecified atom stereocenters. The zero-order valence-electron chi connectivity index (χ0n) is 18.8. The van der Waals surface area contributed by atoms with E-state index < -0.39 is 5.97 Å². The van der Waals surface area contributed by atoms with Gasteiger partial charge in [0.1, 0.15) is 11.6 Å². The Morgan fingerprint density at radius 2 is 1.53 bits per heavy atom. The third-order valence-electron chi connectivity index (χ3n) is 5.32. The molecule has 0 fully saturated rings. The summed E-state index contributed by atoms with van der Waals surface area (Å²) in [6.07, 6.45) is 3.46. The molecule has 0 radical (unpaired) electrons. The Labute approximate surface area is 195 Å². The molecule has 0 atom stereocenters. The molecule has 8 heteroatoms. The lowest BCUT2D eigenvalue weighted by Gasteiger charge is -2.13. The molecule has 0 aliphatic rings. The third-order valence-corrected chi connectivity index (χ3v) is 5.32. The summed E-state index contributed by atoms with van der Waals surface area (Å²) in [7, 11) is 4.63. The van der Waals surface area contributed by atoms with Crippen LogP contribution in [0.15, 0.2) is 65.5 Å². The molecule has 8 nitrogen and oxygen atoms in total. The Kier molecular flexibility index (Phi) is 6.31. The zero-order chi connectivity index (χ0) is 24.2. The van der Waals surface area contributed by atoms with Gasteiger partial charge in [0.15, 0.2) is 11.5 Å². The Morgan fingerprint density at radius 3 is 2.18 bits per heavy atom. The number of rotatable bonds is 7. The lowest BCUT2D eigenvalue weighted by atomic mass is 10.1. The molecule has 1 heterocycles. The van der Waals surface area contributed by atoms with Gasteiger partial charge < -0.3 is 19.3 Å². The highest BCUT2D eigenvalue weighted by molar-refractivity contribution is 5.88. The molecule has 0 aliphatic carbocycles. The van der Waals surface area contributed by atoms with E-state index in [-0.39, 0.29) is 11.1 Å². The first-order valence-corrected chi connectivity index (χ1v) is 10.3. The van der Waals surface area contributed by atoms with Gasteiger partial charge in [-0.25, -0.2) is 9.78 Å². The number of carbonyl (C=O) groups is 1. The molecule has 0 bridgehead atoms. The Hall–Kier alpha value is -4.59. The summed E-state index contributed by atoms with van der Waals surface area (Å²) in [5, 5.41) is 9.66. The summed E-state index contributed by atoms with van der Waals surface area (Å²) in [5.74, 6) is 0.918. The van der Waals surface area contributed by atoms with Crippen LogP contribution in [-0.4, -0.2) is 42.0 Å². The van der Waals surface area contributed by atoms with E-state index in [1.807, 2.05) is 6.07 Å². The molecule has 1 N–H and O–H groups in total. The van der Waals surface area contributed by atoms with Crippen LogP contribution >= 0.6 is 0 Å². The average molecular weight is 458 g/mol. The van der Waals surface area contributed by atoms with Gasteiger partial charge in [0.25, 0.3) is 5.56 Å². The molecular weight excluding hydrogens is 436 g/mol. The molecule has 34 heavy (non-hydrogen) atoms. The number of nitrogens with zero attached hydrogens (tertiary/aromatic N) is 2. The maximum atomic E-state index is 13.4. The zero-order valence-corrected chi connectivity index (χ0v) is 18.8. The quantitative estimate of drug-likeness (QED) is 0.441. The lowest BCUT2D eigenvalue weighted by molar-refractivity contribution is 0.0697. The number of hydrogen-bond acceptors (Lipinski definition) is 6. The minimum Gasteiger partial charge on any atom is -0.496 e. The van der Waals surface area contributed by atoms with Crippen LogP contribution in [0.5, 0.6) is 17.2 Å². The summed E-state index contributed by atoms with van der Waals surface area (Å²) in [5.41, 5.74) is 1.58. The normalized spacial score (nSPS) is 11.0. The van der Waals surface area contributed by atoms with Crippen LogP contribution in [0.4, 0.5) is 0 Å². The van der Waals surface area contributed by atoms with Gasteiger partial charge in [-0.2, -0.15) is 0 Å². The van der Waals surface area contributed by atoms with Crippen molar-refractivity contribution in [3.8, 4) is 22.9 Å². The van der Waals surface area contributed by atoms with Crippen LogP contribution in [0, 0.1) is 0 Å². The number of hydrogen-bond donors (Lipinski definition) is 1. The third kappa shape index (κ3) is 4.21. The molecule has 0 saturated carbocycles. The van der Waals surface area contributed by atoms with Crippen molar-refractivity contribution in [1.29, 1.82) is 0 Å². The largest absolute Gasteiger partial charge is 0.496 e. The molecule has 0 spiro atoms. The van der Waals surface area contributed by atoms with E-state index in [4.69, 9.17) is 14.2 Å². The molecule has 1 aromatic heterocycles. The van der Waals surface area contributed by atoms with E-state index in [1.54, 1.807) is 75.9 Å². The fraction of sp³-hybridized carbons (Fsp3) is 0.115. The number of para-hydroxylation sites is 1. The van der Waals surface area contributed by atoms with Crippen LogP contribution in [-0.2, 0) is 0 Å². The van der Waals surface area contributed by atoms with E-state index >= 15 is 0 Å². The number of ether oxygens (including phenoxy) is 3. The van der Waals surface area contributed by atoms with Gasteiger partial charge in [-0.15, -0.1) is 0 Å². The highest BCUT2D eigenvalue weighted by Gasteiger charge is 2.14. The topological polar surface area (TPSA) is 99.9 Å². The summed E-state index contributed by atoms with van der Waals surface area (Å²) >= 11 is 0. The number of benzene rings is 3. The van der Waals surface area contributed by atoms with Crippen molar-refractivity contribution in [2.45, 2.75) is 0 Å². The van der Waals surface area contributed by atoms with Crippen molar-refractivity contribution in [1.82, 2.24) is 9.55 Å². The molecule has 172 valence electrons. The Bertz CT molecular complexity index is 1460. The number of fused-ring (bicyclic) bond motifs is 1. The predicted octanol–water partition coefficient (Wildman–Crippen LogP) is 4.28. The SMILES string of the molecule is COc1cc(OC)c(OC)cc1/C=C/c1nc2ccccc2c(=O)n1-c1ccc(C(=O)O)cc1. The van der Waals surface area contributed by atoms with Gasteiger partial charge in [0, 0.05) is 11.6 Å². The van der Waals surface area contributed by atoms with Crippen molar-refractivity contribution in [3.05, 3.63) is 88.0 Å².